The minimum Gasteiger partial charge on any atom is -0.284 e. The molecule has 0 unspecified atom stereocenters. The number of thiophene rings is 1. The molecule has 0 amide bonds. The van der Waals surface area contributed by atoms with Gasteiger partial charge in [0.25, 0.3) is 0 Å². The van der Waals surface area contributed by atoms with Gasteiger partial charge < -0.3 is 0 Å². The molecule has 2 aromatic rings. The summed E-state index contributed by atoms with van der Waals surface area (Å²) in [6, 6.07) is 3.56. The highest BCUT2D eigenvalue weighted by molar-refractivity contribution is 7.89. The van der Waals surface area contributed by atoms with Gasteiger partial charge in [0.15, 0.2) is 0 Å². The zero-order valence-electron chi connectivity index (χ0n) is 8.92. The summed E-state index contributed by atoms with van der Waals surface area (Å²) in [5.74, 6) is 0. The molecule has 2 heterocycles. The first kappa shape index (κ1) is 12.6. The van der Waals surface area contributed by atoms with Crippen LogP contribution in [0.1, 0.15) is 4.88 Å². The molecular formula is C9H10ClN3O2S2. The molecule has 0 spiro atoms. The maximum Gasteiger partial charge on any atom is 0.246 e. The SMILES string of the molecule is CN(Cc1ccc(Cl)s1)S(=O)(=O)c1cn[nH]c1. The van der Waals surface area contributed by atoms with E-state index in [0.29, 0.717) is 10.9 Å². The smallest absolute Gasteiger partial charge is 0.246 e. The van der Waals surface area contributed by atoms with Crippen LogP contribution in [0.25, 0.3) is 0 Å². The number of halogens is 1. The summed E-state index contributed by atoms with van der Waals surface area (Å²) >= 11 is 7.16. The topological polar surface area (TPSA) is 66.1 Å². The number of nitrogens with one attached hydrogen (secondary N) is 1. The lowest BCUT2D eigenvalue weighted by Crippen LogP contribution is -2.25. The molecule has 0 saturated heterocycles. The Morgan fingerprint density at radius 1 is 1.53 bits per heavy atom. The summed E-state index contributed by atoms with van der Waals surface area (Å²) < 4.78 is 26.0. The van der Waals surface area contributed by atoms with E-state index in [2.05, 4.69) is 10.2 Å². The second-order valence-electron chi connectivity index (χ2n) is 3.40. The van der Waals surface area contributed by atoms with Crippen molar-refractivity contribution in [3.05, 3.63) is 33.7 Å². The molecular weight excluding hydrogens is 282 g/mol. The third kappa shape index (κ3) is 2.68. The number of H-pyrrole nitrogens is 1. The summed E-state index contributed by atoms with van der Waals surface area (Å²) in [5.41, 5.74) is 0. The highest BCUT2D eigenvalue weighted by Crippen LogP contribution is 2.24. The van der Waals surface area contributed by atoms with Crippen LogP contribution in [0.5, 0.6) is 0 Å². The Morgan fingerprint density at radius 2 is 2.29 bits per heavy atom. The van der Waals surface area contributed by atoms with Crippen molar-refractivity contribution >= 4 is 33.0 Å². The fourth-order valence-electron chi connectivity index (χ4n) is 1.30. The third-order valence-electron chi connectivity index (χ3n) is 2.19. The number of hydrogen-bond donors (Lipinski definition) is 1. The van der Waals surface area contributed by atoms with Crippen molar-refractivity contribution in [2.45, 2.75) is 11.4 Å². The van der Waals surface area contributed by atoms with Crippen molar-refractivity contribution in [2.75, 3.05) is 7.05 Å². The predicted molar refractivity (Wildman–Crippen MR) is 66.6 cm³/mol. The van der Waals surface area contributed by atoms with Crippen molar-refractivity contribution in [1.29, 1.82) is 0 Å². The van der Waals surface area contributed by atoms with Crippen LogP contribution in [0.4, 0.5) is 0 Å². The first-order valence-electron chi connectivity index (χ1n) is 4.69. The molecule has 17 heavy (non-hydrogen) atoms. The second kappa shape index (κ2) is 4.77. The lowest BCUT2D eigenvalue weighted by Gasteiger charge is -2.14. The van der Waals surface area contributed by atoms with Crippen LogP contribution in [0.2, 0.25) is 4.34 Å². The number of rotatable bonds is 4. The van der Waals surface area contributed by atoms with E-state index < -0.39 is 10.0 Å². The van der Waals surface area contributed by atoms with E-state index in [1.54, 1.807) is 6.07 Å². The van der Waals surface area contributed by atoms with E-state index in [4.69, 9.17) is 11.6 Å². The molecule has 0 aliphatic rings. The molecule has 0 aromatic carbocycles. The molecule has 1 N–H and O–H groups in total. The number of sulfonamides is 1. The Labute approximate surface area is 108 Å². The summed E-state index contributed by atoms with van der Waals surface area (Å²) in [7, 11) is -1.96. The molecule has 2 aromatic heterocycles. The molecule has 0 saturated carbocycles. The molecule has 0 atom stereocenters. The van der Waals surface area contributed by atoms with Gasteiger partial charge in [0.05, 0.1) is 10.5 Å². The Hall–Kier alpha value is -0.890. The van der Waals surface area contributed by atoms with E-state index in [1.807, 2.05) is 6.07 Å². The summed E-state index contributed by atoms with van der Waals surface area (Å²) in [6.45, 7) is 0.297. The monoisotopic (exact) mass is 291 g/mol. The Kier molecular flexibility index (Phi) is 3.53. The van der Waals surface area contributed by atoms with E-state index >= 15 is 0 Å². The van der Waals surface area contributed by atoms with Crippen LogP contribution in [0.15, 0.2) is 29.4 Å². The lowest BCUT2D eigenvalue weighted by atomic mass is 10.5. The number of nitrogens with zero attached hydrogens (tertiary/aromatic N) is 2. The highest BCUT2D eigenvalue weighted by Gasteiger charge is 2.22. The Balaban J connectivity index is 2.18. The van der Waals surface area contributed by atoms with Gasteiger partial charge in [0.1, 0.15) is 4.90 Å². The van der Waals surface area contributed by atoms with Gasteiger partial charge in [-0.2, -0.15) is 9.40 Å². The van der Waals surface area contributed by atoms with Gasteiger partial charge in [-0.1, -0.05) is 11.6 Å². The highest BCUT2D eigenvalue weighted by atomic mass is 35.5. The zero-order valence-corrected chi connectivity index (χ0v) is 11.3. The second-order valence-corrected chi connectivity index (χ2v) is 7.25. The Morgan fingerprint density at radius 3 is 2.82 bits per heavy atom. The summed E-state index contributed by atoms with van der Waals surface area (Å²) in [4.78, 5) is 1.05. The van der Waals surface area contributed by atoms with Gasteiger partial charge in [-0.15, -0.1) is 11.3 Å². The minimum atomic E-state index is -3.48. The van der Waals surface area contributed by atoms with Crippen molar-refractivity contribution < 1.29 is 8.42 Å². The van der Waals surface area contributed by atoms with Gasteiger partial charge in [-0.25, -0.2) is 8.42 Å². The molecule has 0 aliphatic carbocycles. The first-order valence-corrected chi connectivity index (χ1v) is 7.33. The number of hydrogen-bond acceptors (Lipinski definition) is 4. The normalized spacial score (nSPS) is 12.2. The van der Waals surface area contributed by atoms with Crippen molar-refractivity contribution in [1.82, 2.24) is 14.5 Å². The first-order chi connectivity index (χ1) is 8.00. The quantitative estimate of drug-likeness (QED) is 0.936. The predicted octanol–water partition coefficient (Wildman–Crippen LogP) is 1.95. The van der Waals surface area contributed by atoms with Crippen LogP contribution in [-0.2, 0) is 16.6 Å². The van der Waals surface area contributed by atoms with E-state index in [1.165, 1.54) is 35.1 Å². The van der Waals surface area contributed by atoms with Crippen molar-refractivity contribution in [3.8, 4) is 0 Å². The summed E-state index contributed by atoms with van der Waals surface area (Å²) in [6.07, 6.45) is 2.64. The van der Waals surface area contributed by atoms with Gasteiger partial charge in [0, 0.05) is 24.7 Å². The minimum absolute atomic E-state index is 0.155. The third-order valence-corrected chi connectivity index (χ3v) is 5.17. The molecule has 0 fully saturated rings. The van der Waals surface area contributed by atoms with Crippen LogP contribution in [0, 0.1) is 0 Å². The van der Waals surface area contributed by atoms with Gasteiger partial charge >= 0.3 is 0 Å². The van der Waals surface area contributed by atoms with Gasteiger partial charge in [0.2, 0.25) is 10.0 Å². The van der Waals surface area contributed by atoms with Gasteiger partial charge in [-0.05, 0) is 12.1 Å². The van der Waals surface area contributed by atoms with Gasteiger partial charge in [-0.3, -0.25) is 5.10 Å². The molecule has 0 bridgehead atoms. The standard InChI is InChI=1S/C9H10ClN3O2S2/c1-13(6-7-2-3-9(10)16-7)17(14,15)8-4-11-12-5-8/h2-5H,6H2,1H3,(H,11,12). The van der Waals surface area contributed by atoms with Crippen LogP contribution in [0.3, 0.4) is 0 Å². The Bertz CT molecular complexity index is 592. The number of aromatic amines is 1. The van der Waals surface area contributed by atoms with Crippen molar-refractivity contribution in [3.63, 3.8) is 0 Å². The maximum absolute atomic E-state index is 12.0. The average molecular weight is 292 g/mol. The number of aromatic nitrogens is 2. The summed E-state index contributed by atoms with van der Waals surface area (Å²) in [5, 5.41) is 6.12. The average Bonchev–Trinajstić information content (AvgIpc) is 2.89. The zero-order chi connectivity index (χ0) is 12.5. The molecule has 92 valence electrons. The molecule has 8 heteroatoms. The molecule has 5 nitrogen and oxygen atoms in total. The van der Waals surface area contributed by atoms with Crippen molar-refractivity contribution in [2.24, 2.45) is 0 Å². The largest absolute Gasteiger partial charge is 0.284 e. The van der Waals surface area contributed by atoms with E-state index in [9.17, 15) is 8.42 Å². The molecule has 0 radical (unpaired) electrons. The van der Waals surface area contributed by atoms with Crippen LogP contribution < -0.4 is 0 Å². The maximum atomic E-state index is 12.0. The van der Waals surface area contributed by atoms with Crippen LogP contribution in [-0.4, -0.2) is 30.0 Å². The fourth-order valence-corrected chi connectivity index (χ4v) is 3.58. The van der Waals surface area contributed by atoms with E-state index in [-0.39, 0.29) is 4.90 Å². The van der Waals surface area contributed by atoms with Crippen LogP contribution >= 0.6 is 22.9 Å². The van der Waals surface area contributed by atoms with E-state index in [0.717, 1.165) is 4.88 Å². The lowest BCUT2D eigenvalue weighted by molar-refractivity contribution is 0.469. The molecule has 0 aliphatic heterocycles. The fraction of sp³-hybridized carbons (Fsp3) is 0.222. The molecule has 2 rings (SSSR count).